The topological polar surface area (TPSA) is 36.4 Å². The number of hydrogen-bond donors (Lipinski definition) is 0. The average Bonchev–Trinajstić information content (AvgIpc) is 2.52. The standard InChI is InChI=1S/C15H20F3N3OS/c1-11(2)20-5-7-21(8-6-20)14(22)10-23-13-4-3-12(9-19-13)15(16,17)18/h3-4,9,11H,5-8,10H2,1-2H3. The van der Waals surface area contributed by atoms with Gasteiger partial charge in [0.1, 0.15) is 0 Å². The summed E-state index contributed by atoms with van der Waals surface area (Å²) in [6, 6.07) is 2.76. The second kappa shape index (κ2) is 7.53. The number of piperazine rings is 1. The van der Waals surface area contributed by atoms with Crippen molar-refractivity contribution in [2.75, 3.05) is 31.9 Å². The minimum Gasteiger partial charge on any atom is -0.339 e. The van der Waals surface area contributed by atoms with E-state index in [9.17, 15) is 18.0 Å². The number of aromatic nitrogens is 1. The van der Waals surface area contributed by atoms with E-state index in [2.05, 4.69) is 23.7 Å². The molecule has 8 heteroatoms. The van der Waals surface area contributed by atoms with Crippen LogP contribution < -0.4 is 0 Å². The average molecular weight is 347 g/mol. The maximum atomic E-state index is 12.5. The third-order valence-corrected chi connectivity index (χ3v) is 4.73. The summed E-state index contributed by atoms with van der Waals surface area (Å²) in [4.78, 5) is 20.0. The number of alkyl halides is 3. The Hall–Kier alpha value is -1.28. The monoisotopic (exact) mass is 347 g/mol. The molecule has 2 rings (SSSR count). The molecule has 128 valence electrons. The molecule has 2 heterocycles. The van der Waals surface area contributed by atoms with Crippen LogP contribution in [0, 0.1) is 0 Å². The number of rotatable bonds is 4. The van der Waals surface area contributed by atoms with Gasteiger partial charge in [0.15, 0.2) is 0 Å². The molecule has 0 bridgehead atoms. The Balaban J connectivity index is 1.81. The zero-order valence-electron chi connectivity index (χ0n) is 13.1. The van der Waals surface area contributed by atoms with E-state index in [0.29, 0.717) is 24.2 Å². The molecule has 1 saturated heterocycles. The summed E-state index contributed by atoms with van der Waals surface area (Å²) < 4.78 is 37.4. The Labute approximate surface area is 138 Å². The second-order valence-electron chi connectivity index (χ2n) is 5.68. The zero-order valence-corrected chi connectivity index (χ0v) is 14.0. The Bertz CT molecular complexity index is 526. The van der Waals surface area contributed by atoms with Crippen LogP contribution in [-0.4, -0.2) is 58.7 Å². The molecule has 1 fully saturated rings. The maximum Gasteiger partial charge on any atom is 0.417 e. The number of hydrogen-bond acceptors (Lipinski definition) is 4. The SMILES string of the molecule is CC(C)N1CCN(C(=O)CSc2ccc(C(F)(F)F)cn2)CC1. The first-order valence-electron chi connectivity index (χ1n) is 7.45. The van der Waals surface area contributed by atoms with Crippen molar-refractivity contribution in [3.05, 3.63) is 23.9 Å². The van der Waals surface area contributed by atoms with Gasteiger partial charge in [-0.15, -0.1) is 0 Å². The van der Waals surface area contributed by atoms with Gasteiger partial charge in [-0.3, -0.25) is 9.69 Å². The molecule has 1 amide bonds. The molecule has 0 aliphatic carbocycles. The van der Waals surface area contributed by atoms with E-state index in [0.717, 1.165) is 25.4 Å². The van der Waals surface area contributed by atoms with Gasteiger partial charge in [0, 0.05) is 38.4 Å². The van der Waals surface area contributed by atoms with E-state index in [1.54, 1.807) is 4.90 Å². The van der Waals surface area contributed by atoms with Crippen molar-refractivity contribution >= 4 is 17.7 Å². The van der Waals surface area contributed by atoms with Crippen LogP contribution in [0.4, 0.5) is 13.2 Å². The minimum absolute atomic E-state index is 0.0000963. The van der Waals surface area contributed by atoms with E-state index < -0.39 is 11.7 Å². The summed E-state index contributed by atoms with van der Waals surface area (Å²) >= 11 is 1.17. The first-order chi connectivity index (χ1) is 10.8. The number of halogens is 3. The number of pyridine rings is 1. The van der Waals surface area contributed by atoms with Crippen LogP contribution in [0.2, 0.25) is 0 Å². The second-order valence-corrected chi connectivity index (χ2v) is 6.68. The molecule has 0 atom stereocenters. The van der Waals surface area contributed by atoms with Crippen LogP contribution in [0.25, 0.3) is 0 Å². The molecule has 0 saturated carbocycles. The zero-order chi connectivity index (χ0) is 17.0. The summed E-state index contributed by atoms with van der Waals surface area (Å²) in [5.74, 6) is 0.195. The highest BCUT2D eigenvalue weighted by molar-refractivity contribution is 7.99. The molecule has 0 radical (unpaired) electrons. The van der Waals surface area contributed by atoms with Crippen molar-refractivity contribution in [3.8, 4) is 0 Å². The van der Waals surface area contributed by atoms with Crippen molar-refractivity contribution in [1.82, 2.24) is 14.8 Å². The number of amides is 1. The van der Waals surface area contributed by atoms with E-state index in [4.69, 9.17) is 0 Å². The molecule has 23 heavy (non-hydrogen) atoms. The summed E-state index contributed by atoms with van der Waals surface area (Å²) in [6.45, 7) is 7.35. The molecule has 1 aromatic heterocycles. The van der Waals surface area contributed by atoms with Gasteiger partial charge in [0.05, 0.1) is 16.3 Å². The smallest absolute Gasteiger partial charge is 0.339 e. The molecule has 4 nitrogen and oxygen atoms in total. The molecule has 0 spiro atoms. The van der Waals surface area contributed by atoms with Crippen molar-refractivity contribution in [2.45, 2.75) is 31.1 Å². The van der Waals surface area contributed by atoms with Gasteiger partial charge in [0.25, 0.3) is 0 Å². The predicted molar refractivity (Wildman–Crippen MR) is 83.3 cm³/mol. The molecular weight excluding hydrogens is 327 g/mol. The fourth-order valence-corrected chi connectivity index (χ4v) is 3.09. The first kappa shape index (κ1) is 18.1. The van der Waals surface area contributed by atoms with Crippen molar-refractivity contribution in [3.63, 3.8) is 0 Å². The van der Waals surface area contributed by atoms with E-state index in [1.807, 2.05) is 0 Å². The molecule has 1 aliphatic heterocycles. The van der Waals surface area contributed by atoms with Crippen LogP contribution in [-0.2, 0) is 11.0 Å². The Morgan fingerprint density at radius 1 is 1.26 bits per heavy atom. The normalized spacial score (nSPS) is 16.9. The van der Waals surface area contributed by atoms with Crippen LogP contribution in [0.3, 0.4) is 0 Å². The van der Waals surface area contributed by atoms with Crippen LogP contribution in [0.15, 0.2) is 23.4 Å². The summed E-state index contributed by atoms with van der Waals surface area (Å²) in [5.41, 5.74) is -0.780. The van der Waals surface area contributed by atoms with Gasteiger partial charge in [-0.25, -0.2) is 4.98 Å². The Morgan fingerprint density at radius 2 is 1.91 bits per heavy atom. The highest BCUT2D eigenvalue weighted by atomic mass is 32.2. The summed E-state index contributed by atoms with van der Waals surface area (Å²) in [6.07, 6.45) is -3.59. The fraction of sp³-hybridized carbons (Fsp3) is 0.600. The molecule has 0 unspecified atom stereocenters. The van der Waals surface area contributed by atoms with Crippen LogP contribution in [0.5, 0.6) is 0 Å². The van der Waals surface area contributed by atoms with E-state index in [-0.39, 0.29) is 11.7 Å². The van der Waals surface area contributed by atoms with Crippen molar-refractivity contribution in [1.29, 1.82) is 0 Å². The lowest BCUT2D eigenvalue weighted by Gasteiger charge is -2.36. The highest BCUT2D eigenvalue weighted by Gasteiger charge is 2.30. The lowest BCUT2D eigenvalue weighted by Crippen LogP contribution is -2.51. The van der Waals surface area contributed by atoms with Gasteiger partial charge in [-0.05, 0) is 26.0 Å². The van der Waals surface area contributed by atoms with Gasteiger partial charge in [-0.2, -0.15) is 13.2 Å². The highest BCUT2D eigenvalue weighted by Crippen LogP contribution is 2.29. The molecule has 1 aliphatic rings. The first-order valence-corrected chi connectivity index (χ1v) is 8.44. The number of nitrogens with zero attached hydrogens (tertiary/aromatic N) is 3. The number of thioether (sulfide) groups is 1. The van der Waals surface area contributed by atoms with Gasteiger partial charge in [-0.1, -0.05) is 11.8 Å². The maximum absolute atomic E-state index is 12.5. The fourth-order valence-electron chi connectivity index (χ4n) is 2.35. The largest absolute Gasteiger partial charge is 0.417 e. The minimum atomic E-state index is -4.39. The van der Waals surface area contributed by atoms with Gasteiger partial charge in [0.2, 0.25) is 5.91 Å². The quantitative estimate of drug-likeness (QED) is 0.785. The Kier molecular flexibility index (Phi) is 5.91. The van der Waals surface area contributed by atoms with Crippen molar-refractivity contribution < 1.29 is 18.0 Å². The summed E-state index contributed by atoms with van der Waals surface area (Å²) in [5, 5.41) is 0.423. The predicted octanol–water partition coefficient (Wildman–Crippen LogP) is 2.75. The van der Waals surface area contributed by atoms with Crippen LogP contribution in [0.1, 0.15) is 19.4 Å². The third-order valence-electron chi connectivity index (χ3n) is 3.80. The molecule has 0 N–H and O–H groups in total. The van der Waals surface area contributed by atoms with E-state index in [1.165, 1.54) is 17.8 Å². The molecule has 1 aromatic rings. The lowest BCUT2D eigenvalue weighted by molar-refractivity contribution is -0.138. The number of carbonyl (C=O) groups excluding carboxylic acids is 1. The Morgan fingerprint density at radius 3 is 2.39 bits per heavy atom. The molecular formula is C15H20F3N3OS. The van der Waals surface area contributed by atoms with E-state index >= 15 is 0 Å². The van der Waals surface area contributed by atoms with Crippen molar-refractivity contribution in [2.24, 2.45) is 0 Å². The third kappa shape index (κ3) is 5.10. The summed E-state index contributed by atoms with van der Waals surface area (Å²) in [7, 11) is 0. The van der Waals surface area contributed by atoms with Crippen LogP contribution >= 0.6 is 11.8 Å². The number of carbonyl (C=O) groups is 1. The van der Waals surface area contributed by atoms with Gasteiger partial charge < -0.3 is 4.90 Å². The molecule has 0 aromatic carbocycles. The van der Waals surface area contributed by atoms with Gasteiger partial charge >= 0.3 is 6.18 Å². The lowest BCUT2D eigenvalue weighted by atomic mass is 10.2.